The summed E-state index contributed by atoms with van der Waals surface area (Å²) in [4.78, 5) is 14.7. The summed E-state index contributed by atoms with van der Waals surface area (Å²) in [6, 6.07) is 8.49. The minimum atomic E-state index is -0.644. The Bertz CT molecular complexity index is 1350. The van der Waals surface area contributed by atoms with Crippen LogP contribution in [0.25, 0.3) is 5.69 Å². The monoisotopic (exact) mass is 484 g/mol. The van der Waals surface area contributed by atoms with Crippen LogP contribution >= 0.6 is 11.6 Å². The minimum absolute atomic E-state index is 0.208. The number of rotatable bonds is 5. The Labute approximate surface area is 198 Å². The van der Waals surface area contributed by atoms with Crippen molar-refractivity contribution in [1.82, 2.24) is 19.5 Å². The van der Waals surface area contributed by atoms with Crippen molar-refractivity contribution < 1.29 is 18.3 Å². The number of hydrogen-bond donors (Lipinski definition) is 1. The van der Waals surface area contributed by atoms with E-state index in [2.05, 4.69) is 20.3 Å². The van der Waals surface area contributed by atoms with Crippen molar-refractivity contribution in [3.63, 3.8) is 0 Å². The molecule has 1 aliphatic heterocycles. The highest BCUT2D eigenvalue weighted by Crippen LogP contribution is 2.38. The molecule has 1 N–H and O–H groups in total. The molecule has 0 aliphatic carbocycles. The summed E-state index contributed by atoms with van der Waals surface area (Å²) < 4.78 is 40.5. The zero-order chi connectivity index (χ0) is 23.8. The molecule has 0 bridgehead atoms. The van der Waals surface area contributed by atoms with Crippen LogP contribution in [-0.4, -0.2) is 40.3 Å². The van der Waals surface area contributed by atoms with Crippen molar-refractivity contribution in [2.45, 2.75) is 6.04 Å². The first-order chi connectivity index (χ1) is 16.4. The fourth-order valence-corrected chi connectivity index (χ4v) is 3.97. The Morgan fingerprint density at radius 2 is 1.94 bits per heavy atom. The molecule has 2 aromatic carbocycles. The summed E-state index contributed by atoms with van der Waals surface area (Å²) in [5.74, 6) is 0.594. The van der Waals surface area contributed by atoms with Crippen molar-refractivity contribution in [3.05, 3.63) is 77.5 Å². The molecule has 0 saturated heterocycles. The Morgan fingerprint density at radius 3 is 2.65 bits per heavy atom. The predicted octanol–water partition coefficient (Wildman–Crippen LogP) is 4.92. The first-order valence-corrected chi connectivity index (χ1v) is 10.6. The number of fused-ring (bicyclic) bond motifs is 1. The molecular formula is C23H19ClF2N6O2. The number of halogens is 3. The number of methoxy groups -OCH3 is 1. The normalized spacial score (nSPS) is 15.0. The van der Waals surface area contributed by atoms with Gasteiger partial charge in [0.2, 0.25) is 5.95 Å². The summed E-state index contributed by atoms with van der Waals surface area (Å²) in [5, 5.41) is 3.52. The first kappa shape index (κ1) is 21.9. The Kier molecular flexibility index (Phi) is 5.66. The van der Waals surface area contributed by atoms with E-state index in [0.29, 0.717) is 39.7 Å². The molecule has 0 spiro atoms. The number of nitrogens with zero attached hydrogens (tertiary/aromatic N) is 5. The van der Waals surface area contributed by atoms with Gasteiger partial charge in [0, 0.05) is 31.1 Å². The van der Waals surface area contributed by atoms with Gasteiger partial charge in [-0.05, 0) is 29.8 Å². The van der Waals surface area contributed by atoms with Crippen LogP contribution in [0.3, 0.4) is 0 Å². The van der Waals surface area contributed by atoms with Crippen LogP contribution in [-0.2, 0) is 0 Å². The summed E-state index contributed by atoms with van der Waals surface area (Å²) in [6.07, 6.45) is 4.83. The second-order valence-electron chi connectivity index (χ2n) is 7.64. The number of hydrogen-bond acceptors (Lipinski definition) is 7. The number of aromatic nitrogens is 4. The molecule has 34 heavy (non-hydrogen) atoms. The van der Waals surface area contributed by atoms with Gasteiger partial charge in [-0.15, -0.1) is 0 Å². The van der Waals surface area contributed by atoms with Gasteiger partial charge in [0.15, 0.2) is 11.6 Å². The average molecular weight is 485 g/mol. The van der Waals surface area contributed by atoms with Crippen molar-refractivity contribution in [3.8, 4) is 17.2 Å². The molecule has 0 amide bonds. The predicted molar refractivity (Wildman–Crippen MR) is 123 cm³/mol. The quantitative estimate of drug-likeness (QED) is 0.431. The van der Waals surface area contributed by atoms with Crippen LogP contribution in [0, 0.1) is 11.6 Å². The molecule has 3 heterocycles. The van der Waals surface area contributed by atoms with Crippen molar-refractivity contribution in [2.75, 3.05) is 31.0 Å². The molecule has 11 heteroatoms. The van der Waals surface area contributed by atoms with Crippen LogP contribution < -0.4 is 19.7 Å². The first-order valence-electron chi connectivity index (χ1n) is 10.2. The molecule has 0 fully saturated rings. The van der Waals surface area contributed by atoms with E-state index in [1.807, 2.05) is 17.0 Å². The van der Waals surface area contributed by atoms with Gasteiger partial charge in [0.1, 0.15) is 35.5 Å². The lowest BCUT2D eigenvalue weighted by molar-refractivity contribution is 0.264. The van der Waals surface area contributed by atoms with E-state index >= 15 is 0 Å². The number of imidazole rings is 1. The second-order valence-corrected chi connectivity index (χ2v) is 8.02. The molecule has 0 saturated carbocycles. The maximum atomic E-state index is 13.8. The molecule has 0 radical (unpaired) electrons. The topological polar surface area (TPSA) is 77.3 Å². The Hall–Kier alpha value is -3.92. The third-order valence-corrected chi connectivity index (χ3v) is 5.66. The summed E-state index contributed by atoms with van der Waals surface area (Å²) >= 11 is 5.93. The highest BCUT2D eigenvalue weighted by molar-refractivity contribution is 6.29. The molecule has 174 valence electrons. The lowest BCUT2D eigenvalue weighted by atomic mass is 10.0. The SMILES string of the molecule is COc1cc(Nc2ncc3c(n2)N(C)C(c2cc(F)cc(F)c2)CO3)ccc1-n1cnc(Cl)c1. The van der Waals surface area contributed by atoms with E-state index in [1.54, 1.807) is 43.5 Å². The summed E-state index contributed by atoms with van der Waals surface area (Å²) in [7, 11) is 3.36. The molecule has 1 aliphatic rings. The molecule has 5 rings (SSSR count). The fraction of sp³-hybridized carbons (Fsp3) is 0.174. The molecule has 4 aromatic rings. The number of likely N-dealkylation sites (N-methyl/N-ethyl adjacent to an activating group) is 1. The zero-order valence-electron chi connectivity index (χ0n) is 18.2. The van der Waals surface area contributed by atoms with E-state index in [4.69, 9.17) is 21.1 Å². The van der Waals surface area contributed by atoms with Crippen molar-refractivity contribution >= 4 is 29.1 Å². The highest BCUT2D eigenvalue weighted by atomic mass is 35.5. The van der Waals surface area contributed by atoms with Crippen LogP contribution in [0.15, 0.2) is 55.1 Å². The number of benzene rings is 2. The smallest absolute Gasteiger partial charge is 0.229 e. The van der Waals surface area contributed by atoms with Gasteiger partial charge < -0.3 is 24.3 Å². The third-order valence-electron chi connectivity index (χ3n) is 5.47. The van der Waals surface area contributed by atoms with Gasteiger partial charge in [-0.25, -0.2) is 18.7 Å². The lowest BCUT2D eigenvalue weighted by Crippen LogP contribution is -2.34. The lowest BCUT2D eigenvalue weighted by Gasteiger charge is -2.35. The average Bonchev–Trinajstić information content (AvgIpc) is 3.25. The largest absolute Gasteiger partial charge is 0.494 e. The third kappa shape index (κ3) is 4.19. The van der Waals surface area contributed by atoms with Crippen LogP contribution in [0.2, 0.25) is 5.15 Å². The molecule has 1 unspecified atom stereocenters. The van der Waals surface area contributed by atoms with E-state index < -0.39 is 17.7 Å². The molecule has 1 atom stereocenters. The number of anilines is 3. The Balaban J connectivity index is 1.41. The summed E-state index contributed by atoms with van der Waals surface area (Å²) in [6.45, 7) is 0.208. The van der Waals surface area contributed by atoms with E-state index in [9.17, 15) is 8.78 Å². The van der Waals surface area contributed by atoms with E-state index in [1.165, 1.54) is 12.1 Å². The van der Waals surface area contributed by atoms with Gasteiger partial charge in [-0.3, -0.25) is 0 Å². The van der Waals surface area contributed by atoms with Crippen LogP contribution in [0.5, 0.6) is 11.5 Å². The fourth-order valence-electron chi connectivity index (χ4n) is 3.82. The second kappa shape index (κ2) is 8.79. The van der Waals surface area contributed by atoms with E-state index in [0.717, 1.165) is 11.8 Å². The standard InChI is InChI=1S/C23H19ClF2N6O2/c1-31-18(13-5-14(25)7-15(26)6-13)11-34-20-9-27-23(30-22(20)31)29-16-3-4-17(19(8-16)33-2)32-10-21(24)28-12-32/h3-10,12,18H,11H2,1-2H3,(H,27,29,30). The summed E-state index contributed by atoms with van der Waals surface area (Å²) in [5.41, 5.74) is 1.91. The number of nitrogens with one attached hydrogen (secondary N) is 1. The van der Waals surface area contributed by atoms with Gasteiger partial charge in [-0.2, -0.15) is 4.98 Å². The number of ether oxygens (including phenoxy) is 2. The van der Waals surface area contributed by atoms with Crippen LogP contribution in [0.4, 0.5) is 26.2 Å². The maximum Gasteiger partial charge on any atom is 0.229 e. The zero-order valence-corrected chi connectivity index (χ0v) is 18.9. The minimum Gasteiger partial charge on any atom is -0.494 e. The van der Waals surface area contributed by atoms with Crippen molar-refractivity contribution in [2.24, 2.45) is 0 Å². The Morgan fingerprint density at radius 1 is 1.15 bits per heavy atom. The van der Waals surface area contributed by atoms with E-state index in [-0.39, 0.29) is 6.61 Å². The molecule has 2 aromatic heterocycles. The highest BCUT2D eigenvalue weighted by Gasteiger charge is 2.29. The molecule has 8 nitrogen and oxygen atoms in total. The van der Waals surface area contributed by atoms with Gasteiger partial charge in [-0.1, -0.05) is 11.6 Å². The molecular weight excluding hydrogens is 466 g/mol. The van der Waals surface area contributed by atoms with Crippen LogP contribution in [0.1, 0.15) is 11.6 Å². The van der Waals surface area contributed by atoms with Gasteiger partial charge in [0.25, 0.3) is 0 Å². The van der Waals surface area contributed by atoms with Gasteiger partial charge in [0.05, 0.1) is 25.0 Å². The maximum absolute atomic E-state index is 13.8. The van der Waals surface area contributed by atoms with Crippen molar-refractivity contribution in [1.29, 1.82) is 0 Å². The van der Waals surface area contributed by atoms with Gasteiger partial charge >= 0.3 is 0 Å².